The van der Waals surface area contributed by atoms with E-state index in [1.54, 1.807) is 6.07 Å². The van der Waals surface area contributed by atoms with Crippen LogP contribution >= 0.6 is 15.9 Å². The van der Waals surface area contributed by atoms with E-state index in [4.69, 9.17) is 4.74 Å². The number of nitrogens with one attached hydrogen (secondary N) is 1. The summed E-state index contributed by atoms with van der Waals surface area (Å²) in [6, 6.07) is 10.2. The Morgan fingerprint density at radius 2 is 2.05 bits per heavy atom. The van der Waals surface area contributed by atoms with Gasteiger partial charge in [0.25, 0.3) is 0 Å². The molecule has 0 saturated carbocycles. The van der Waals surface area contributed by atoms with E-state index in [1.807, 2.05) is 18.2 Å². The van der Waals surface area contributed by atoms with Gasteiger partial charge in [0.1, 0.15) is 18.2 Å². The Labute approximate surface area is 126 Å². The van der Waals surface area contributed by atoms with E-state index in [-0.39, 0.29) is 5.82 Å². The van der Waals surface area contributed by atoms with E-state index in [9.17, 15) is 4.39 Å². The second-order valence-electron chi connectivity index (χ2n) is 4.26. The van der Waals surface area contributed by atoms with Gasteiger partial charge in [0.15, 0.2) is 0 Å². The molecule has 2 aromatic rings. The fourth-order valence-corrected chi connectivity index (χ4v) is 2.17. The zero-order valence-electron chi connectivity index (χ0n) is 11.2. The molecule has 0 unspecified atom stereocenters. The number of hydrogen-bond donors (Lipinski definition) is 1. The van der Waals surface area contributed by atoms with Crippen molar-refractivity contribution in [3.63, 3.8) is 0 Å². The Balaban J connectivity index is 1.99. The van der Waals surface area contributed by atoms with Crippen molar-refractivity contribution in [3.05, 3.63) is 58.1 Å². The molecule has 0 radical (unpaired) electrons. The van der Waals surface area contributed by atoms with Crippen molar-refractivity contribution in [1.82, 2.24) is 10.3 Å². The van der Waals surface area contributed by atoms with Gasteiger partial charge in [0.05, 0.1) is 15.9 Å². The molecular weight excluding hydrogens is 323 g/mol. The molecule has 0 amide bonds. The van der Waals surface area contributed by atoms with Gasteiger partial charge in [-0.2, -0.15) is 0 Å². The van der Waals surface area contributed by atoms with Gasteiger partial charge in [-0.05, 0) is 52.8 Å². The molecule has 0 aliphatic heterocycles. The average Bonchev–Trinajstić information content (AvgIpc) is 2.45. The van der Waals surface area contributed by atoms with Crippen molar-refractivity contribution in [2.75, 3.05) is 6.54 Å². The minimum Gasteiger partial charge on any atom is -0.486 e. The first kappa shape index (κ1) is 14.9. The molecule has 1 aromatic carbocycles. The summed E-state index contributed by atoms with van der Waals surface area (Å²) in [7, 11) is 0. The maximum absolute atomic E-state index is 13.0. The first-order chi connectivity index (χ1) is 9.69. The fourth-order valence-electron chi connectivity index (χ4n) is 1.71. The fraction of sp³-hybridized carbons (Fsp3) is 0.267. The lowest BCUT2D eigenvalue weighted by atomic mass is 10.3. The van der Waals surface area contributed by atoms with Gasteiger partial charge in [-0.15, -0.1) is 0 Å². The van der Waals surface area contributed by atoms with Crippen molar-refractivity contribution in [2.45, 2.75) is 20.1 Å². The van der Waals surface area contributed by atoms with Crippen LogP contribution < -0.4 is 10.1 Å². The number of halogens is 2. The highest BCUT2D eigenvalue weighted by atomic mass is 79.9. The smallest absolute Gasteiger partial charge is 0.134 e. The van der Waals surface area contributed by atoms with Gasteiger partial charge in [0, 0.05) is 6.54 Å². The third-order valence-corrected chi connectivity index (χ3v) is 3.31. The lowest BCUT2D eigenvalue weighted by molar-refractivity contribution is 0.298. The number of ether oxygens (including phenoxy) is 1. The summed E-state index contributed by atoms with van der Waals surface area (Å²) in [6.07, 6.45) is 0. The van der Waals surface area contributed by atoms with E-state index < -0.39 is 0 Å². The number of rotatable bonds is 6. The van der Waals surface area contributed by atoms with E-state index >= 15 is 0 Å². The summed E-state index contributed by atoms with van der Waals surface area (Å²) in [5, 5.41) is 3.23. The molecule has 0 fully saturated rings. The minimum atomic E-state index is -0.296. The summed E-state index contributed by atoms with van der Waals surface area (Å²) < 4.78 is 19.2. The van der Waals surface area contributed by atoms with Crippen LogP contribution in [0.3, 0.4) is 0 Å². The first-order valence-electron chi connectivity index (χ1n) is 6.42. The Morgan fingerprint density at radius 3 is 2.80 bits per heavy atom. The molecule has 1 aromatic heterocycles. The zero-order chi connectivity index (χ0) is 14.4. The molecule has 20 heavy (non-hydrogen) atoms. The number of aromatic nitrogens is 1. The Kier molecular flexibility index (Phi) is 5.49. The average molecular weight is 339 g/mol. The van der Waals surface area contributed by atoms with Crippen LogP contribution in [-0.4, -0.2) is 11.5 Å². The summed E-state index contributed by atoms with van der Waals surface area (Å²) >= 11 is 3.27. The third kappa shape index (κ3) is 4.28. The van der Waals surface area contributed by atoms with Crippen LogP contribution in [0, 0.1) is 5.82 Å². The molecule has 0 atom stereocenters. The first-order valence-corrected chi connectivity index (χ1v) is 7.21. The highest BCUT2D eigenvalue weighted by Gasteiger charge is 2.04. The molecule has 1 heterocycles. The van der Waals surface area contributed by atoms with Gasteiger partial charge in [-0.1, -0.05) is 13.0 Å². The second-order valence-corrected chi connectivity index (χ2v) is 5.12. The molecule has 3 nitrogen and oxygen atoms in total. The molecule has 0 aliphatic rings. The maximum atomic E-state index is 13.0. The number of benzene rings is 1. The highest BCUT2D eigenvalue weighted by Crippen LogP contribution is 2.26. The van der Waals surface area contributed by atoms with Gasteiger partial charge in [-0.3, -0.25) is 4.98 Å². The molecule has 106 valence electrons. The van der Waals surface area contributed by atoms with E-state index in [2.05, 4.69) is 33.2 Å². The van der Waals surface area contributed by atoms with Crippen LogP contribution in [0.15, 0.2) is 40.9 Å². The minimum absolute atomic E-state index is 0.296. The van der Waals surface area contributed by atoms with Gasteiger partial charge in [0.2, 0.25) is 0 Å². The Morgan fingerprint density at radius 1 is 1.25 bits per heavy atom. The zero-order valence-corrected chi connectivity index (χ0v) is 12.8. The summed E-state index contributed by atoms with van der Waals surface area (Å²) in [4.78, 5) is 4.50. The standard InChI is InChI=1S/C15H16BrFN2O/c1-2-18-9-12-4-3-5-13(19-12)10-20-15-7-6-11(17)8-14(15)16/h3-8,18H,2,9-10H2,1H3. The van der Waals surface area contributed by atoms with E-state index in [0.29, 0.717) is 16.8 Å². The predicted octanol–water partition coefficient (Wildman–Crippen LogP) is 3.67. The summed E-state index contributed by atoms with van der Waals surface area (Å²) in [5.74, 6) is 0.306. The van der Waals surface area contributed by atoms with Crippen molar-refractivity contribution in [3.8, 4) is 5.75 Å². The largest absolute Gasteiger partial charge is 0.486 e. The second kappa shape index (κ2) is 7.36. The molecule has 0 spiro atoms. The van der Waals surface area contributed by atoms with E-state index in [1.165, 1.54) is 12.1 Å². The normalized spacial score (nSPS) is 10.6. The van der Waals surface area contributed by atoms with E-state index in [0.717, 1.165) is 24.5 Å². The molecule has 0 bridgehead atoms. The number of nitrogens with zero attached hydrogens (tertiary/aromatic N) is 1. The number of hydrogen-bond acceptors (Lipinski definition) is 3. The van der Waals surface area contributed by atoms with Crippen LogP contribution in [0.5, 0.6) is 5.75 Å². The SMILES string of the molecule is CCNCc1cccc(COc2ccc(F)cc2Br)n1. The van der Waals surface area contributed by atoms with Crippen LogP contribution in [0.1, 0.15) is 18.3 Å². The van der Waals surface area contributed by atoms with Gasteiger partial charge in [-0.25, -0.2) is 4.39 Å². The van der Waals surface area contributed by atoms with Crippen LogP contribution in [0.2, 0.25) is 0 Å². The molecule has 1 N–H and O–H groups in total. The van der Waals surface area contributed by atoms with Crippen LogP contribution in [-0.2, 0) is 13.2 Å². The molecule has 0 aliphatic carbocycles. The maximum Gasteiger partial charge on any atom is 0.134 e. The Hall–Kier alpha value is -1.46. The summed E-state index contributed by atoms with van der Waals surface area (Å²) in [5.41, 5.74) is 1.82. The molecule has 5 heteroatoms. The number of pyridine rings is 1. The topological polar surface area (TPSA) is 34.1 Å². The summed E-state index contributed by atoms with van der Waals surface area (Å²) in [6.45, 7) is 4.05. The molecule has 2 rings (SSSR count). The lowest BCUT2D eigenvalue weighted by Crippen LogP contribution is -2.13. The molecular formula is C15H16BrFN2O. The van der Waals surface area contributed by atoms with Crippen molar-refractivity contribution in [2.24, 2.45) is 0 Å². The quantitative estimate of drug-likeness (QED) is 0.872. The monoisotopic (exact) mass is 338 g/mol. The Bertz CT molecular complexity index is 578. The third-order valence-electron chi connectivity index (χ3n) is 2.69. The van der Waals surface area contributed by atoms with Gasteiger partial charge < -0.3 is 10.1 Å². The lowest BCUT2D eigenvalue weighted by Gasteiger charge is -2.09. The van der Waals surface area contributed by atoms with Gasteiger partial charge >= 0.3 is 0 Å². The molecule has 0 saturated heterocycles. The van der Waals surface area contributed by atoms with Crippen molar-refractivity contribution in [1.29, 1.82) is 0 Å². The van der Waals surface area contributed by atoms with Crippen molar-refractivity contribution >= 4 is 15.9 Å². The van der Waals surface area contributed by atoms with Crippen molar-refractivity contribution < 1.29 is 9.13 Å². The van der Waals surface area contributed by atoms with Crippen LogP contribution in [0.4, 0.5) is 4.39 Å². The highest BCUT2D eigenvalue weighted by molar-refractivity contribution is 9.10. The predicted molar refractivity (Wildman–Crippen MR) is 80.0 cm³/mol. The van der Waals surface area contributed by atoms with Crippen LogP contribution in [0.25, 0.3) is 0 Å².